The van der Waals surface area contributed by atoms with E-state index in [9.17, 15) is 20.0 Å². The number of aromatic hydroxyl groups is 1. The number of nitrogens with zero attached hydrogens (tertiary/aromatic N) is 1. The summed E-state index contributed by atoms with van der Waals surface area (Å²) in [5, 5.41) is 19.6. The summed E-state index contributed by atoms with van der Waals surface area (Å²) in [6.07, 6.45) is 0. The molecule has 0 bridgehead atoms. The number of hydrogen-bond acceptors (Lipinski definition) is 6. The van der Waals surface area contributed by atoms with Gasteiger partial charge in [0.05, 0.1) is 4.92 Å². The fourth-order valence-corrected chi connectivity index (χ4v) is 1.07. The number of nitro benzene ring substituents is 1. The van der Waals surface area contributed by atoms with Crippen LogP contribution in [-0.2, 0) is 0 Å². The van der Waals surface area contributed by atoms with Crippen molar-refractivity contribution in [1.29, 1.82) is 0 Å². The van der Waals surface area contributed by atoms with E-state index in [2.05, 4.69) is 8.83 Å². The highest BCUT2D eigenvalue weighted by Crippen LogP contribution is 2.31. The smallest absolute Gasteiger partial charge is 0.504 e. The lowest BCUT2D eigenvalue weighted by atomic mass is 10.3. The Balaban J connectivity index is 2.94. The van der Waals surface area contributed by atoms with Crippen molar-refractivity contribution in [1.82, 2.24) is 0 Å². The minimum Gasteiger partial charge on any atom is -0.504 e. The third-order valence-corrected chi connectivity index (χ3v) is 1.64. The van der Waals surface area contributed by atoms with Gasteiger partial charge in [0, 0.05) is 6.07 Å². The molecule has 1 aromatic carbocycles. The monoisotopic (exact) mass is 197 g/mol. The molecule has 0 radical (unpaired) electrons. The van der Waals surface area contributed by atoms with E-state index in [1.54, 1.807) is 0 Å². The van der Waals surface area contributed by atoms with E-state index >= 15 is 0 Å². The third-order valence-electron chi connectivity index (χ3n) is 1.64. The first-order valence-electron chi connectivity index (χ1n) is 3.49. The summed E-state index contributed by atoms with van der Waals surface area (Å²) in [6, 6.07) is 2.08. The number of hydrogen-bond donors (Lipinski definition) is 1. The van der Waals surface area contributed by atoms with Gasteiger partial charge in [-0.1, -0.05) is 0 Å². The second-order valence-electron chi connectivity index (χ2n) is 2.47. The lowest BCUT2D eigenvalue weighted by molar-refractivity contribution is -0.383. The van der Waals surface area contributed by atoms with E-state index in [4.69, 9.17) is 0 Å². The molecule has 0 unspecified atom stereocenters. The van der Waals surface area contributed by atoms with Gasteiger partial charge in [0.1, 0.15) is 0 Å². The molecule has 0 saturated heterocycles. The van der Waals surface area contributed by atoms with Crippen molar-refractivity contribution in [3.8, 4) is 5.75 Å². The van der Waals surface area contributed by atoms with Crippen LogP contribution in [0, 0.1) is 10.1 Å². The molecule has 0 fully saturated rings. The molecule has 1 N–H and O–H groups in total. The van der Waals surface area contributed by atoms with Crippen molar-refractivity contribution in [3.63, 3.8) is 0 Å². The van der Waals surface area contributed by atoms with E-state index in [1.807, 2.05) is 0 Å². The molecule has 2 rings (SSSR count). The Morgan fingerprint density at radius 3 is 2.57 bits per heavy atom. The van der Waals surface area contributed by atoms with Gasteiger partial charge in [-0.3, -0.25) is 10.1 Å². The summed E-state index contributed by atoms with van der Waals surface area (Å²) in [5.41, 5.74) is -1.10. The summed E-state index contributed by atoms with van der Waals surface area (Å²) in [7, 11) is 0. The zero-order valence-corrected chi connectivity index (χ0v) is 6.59. The van der Waals surface area contributed by atoms with Crippen LogP contribution in [0.25, 0.3) is 11.2 Å². The van der Waals surface area contributed by atoms with Crippen molar-refractivity contribution in [2.75, 3.05) is 0 Å². The molecule has 0 aliphatic carbocycles. The van der Waals surface area contributed by atoms with Gasteiger partial charge in [0.15, 0.2) is 5.75 Å². The molecule has 0 spiro atoms. The molecule has 1 aromatic heterocycles. The average Bonchev–Trinajstić information content (AvgIpc) is 2.47. The van der Waals surface area contributed by atoms with Gasteiger partial charge >= 0.3 is 11.5 Å². The molecule has 2 aromatic rings. The Hall–Kier alpha value is -2.31. The average molecular weight is 197 g/mol. The minimum absolute atomic E-state index is 0.316. The summed E-state index contributed by atoms with van der Waals surface area (Å²) < 4.78 is 8.83. The number of fused-ring (bicyclic) bond motifs is 1. The SMILES string of the molecule is O=c1oc2c(O)ccc([N+](=O)[O-])c2o1. The van der Waals surface area contributed by atoms with E-state index < -0.39 is 16.4 Å². The second-order valence-corrected chi connectivity index (χ2v) is 2.47. The first-order valence-corrected chi connectivity index (χ1v) is 3.49. The van der Waals surface area contributed by atoms with Crippen LogP contribution in [0.5, 0.6) is 5.75 Å². The van der Waals surface area contributed by atoms with Crippen LogP contribution in [0.2, 0.25) is 0 Å². The fraction of sp³-hybridized carbons (Fsp3) is 0. The minimum atomic E-state index is -1.09. The lowest BCUT2D eigenvalue weighted by Crippen LogP contribution is -1.88. The molecular formula is C7H3NO6. The summed E-state index contributed by atoms with van der Waals surface area (Å²) in [5.74, 6) is -1.47. The summed E-state index contributed by atoms with van der Waals surface area (Å²) >= 11 is 0. The predicted molar refractivity (Wildman–Crippen MR) is 43.1 cm³/mol. The molecule has 0 aliphatic rings. The standard InChI is InChI=1S/C7H3NO6/c9-4-2-1-3(8(11)12)5-6(4)14-7(10)13-5/h1-2,9H. The number of benzene rings is 1. The Kier molecular flexibility index (Phi) is 1.53. The van der Waals surface area contributed by atoms with Gasteiger partial charge in [-0.2, -0.15) is 0 Å². The maximum atomic E-state index is 10.6. The molecule has 0 atom stereocenters. The normalized spacial score (nSPS) is 10.6. The highest BCUT2D eigenvalue weighted by molar-refractivity contribution is 5.85. The number of phenolic OH excluding ortho intramolecular Hbond substituents is 1. The highest BCUT2D eigenvalue weighted by atomic mass is 16.6. The molecule has 0 saturated carbocycles. The van der Waals surface area contributed by atoms with Crippen LogP contribution in [-0.4, -0.2) is 10.0 Å². The topological polar surface area (TPSA) is 107 Å². The van der Waals surface area contributed by atoms with Crippen molar-refractivity contribution in [2.24, 2.45) is 0 Å². The molecule has 0 aliphatic heterocycles. The number of nitro groups is 1. The van der Waals surface area contributed by atoms with E-state index in [0.717, 1.165) is 12.1 Å². The first-order chi connectivity index (χ1) is 6.59. The zero-order valence-electron chi connectivity index (χ0n) is 6.59. The summed E-state index contributed by atoms with van der Waals surface area (Å²) in [6.45, 7) is 0. The number of non-ortho nitro benzene ring substituents is 1. The van der Waals surface area contributed by atoms with E-state index in [0.29, 0.717) is 0 Å². The van der Waals surface area contributed by atoms with Crippen LogP contribution in [0.4, 0.5) is 5.69 Å². The fourth-order valence-electron chi connectivity index (χ4n) is 1.07. The van der Waals surface area contributed by atoms with Crippen LogP contribution in [0.15, 0.2) is 25.8 Å². The number of phenols is 1. The largest absolute Gasteiger partial charge is 0.520 e. The quantitative estimate of drug-likeness (QED) is 0.539. The van der Waals surface area contributed by atoms with Crippen LogP contribution in [0.3, 0.4) is 0 Å². The van der Waals surface area contributed by atoms with Gasteiger partial charge in [-0.25, -0.2) is 4.79 Å². The summed E-state index contributed by atoms with van der Waals surface area (Å²) in [4.78, 5) is 20.4. The predicted octanol–water partition coefficient (Wildman–Crippen LogP) is 1.000. The maximum absolute atomic E-state index is 10.6. The van der Waals surface area contributed by atoms with E-state index in [1.165, 1.54) is 0 Å². The van der Waals surface area contributed by atoms with Gasteiger partial charge < -0.3 is 13.9 Å². The maximum Gasteiger partial charge on any atom is 0.520 e. The second kappa shape index (κ2) is 2.59. The Morgan fingerprint density at radius 1 is 1.29 bits per heavy atom. The third kappa shape index (κ3) is 1.03. The van der Waals surface area contributed by atoms with Crippen LogP contribution >= 0.6 is 0 Å². The number of rotatable bonds is 1. The van der Waals surface area contributed by atoms with Gasteiger partial charge in [0.2, 0.25) is 5.58 Å². The van der Waals surface area contributed by atoms with Gasteiger partial charge in [-0.05, 0) is 6.07 Å². The molecule has 0 amide bonds. The van der Waals surface area contributed by atoms with E-state index in [-0.39, 0.29) is 16.9 Å². The van der Waals surface area contributed by atoms with Gasteiger partial charge in [-0.15, -0.1) is 0 Å². The lowest BCUT2D eigenvalue weighted by Gasteiger charge is -1.92. The van der Waals surface area contributed by atoms with Crippen molar-refractivity contribution >= 4 is 16.9 Å². The van der Waals surface area contributed by atoms with Crippen molar-refractivity contribution < 1.29 is 18.9 Å². The molecule has 14 heavy (non-hydrogen) atoms. The van der Waals surface area contributed by atoms with Crippen molar-refractivity contribution in [3.05, 3.63) is 32.9 Å². The van der Waals surface area contributed by atoms with Crippen LogP contribution in [0.1, 0.15) is 0 Å². The zero-order chi connectivity index (χ0) is 10.3. The molecule has 1 heterocycles. The van der Waals surface area contributed by atoms with Crippen molar-refractivity contribution in [2.45, 2.75) is 0 Å². The first kappa shape index (κ1) is 8.30. The Bertz CT molecular complexity index is 565. The molecule has 7 nitrogen and oxygen atoms in total. The Labute approximate surface area is 75.3 Å². The molecular weight excluding hydrogens is 194 g/mol. The molecule has 7 heteroatoms. The highest BCUT2D eigenvalue weighted by Gasteiger charge is 2.20. The van der Waals surface area contributed by atoms with Crippen LogP contribution < -0.4 is 5.82 Å². The van der Waals surface area contributed by atoms with Gasteiger partial charge in [0.25, 0.3) is 5.58 Å². The Morgan fingerprint density at radius 2 is 1.93 bits per heavy atom. The molecule has 72 valence electrons.